The average molecular weight is 301 g/mol. The molecule has 0 aliphatic carbocycles. The molecule has 1 aromatic heterocycles. The van der Waals surface area contributed by atoms with Gasteiger partial charge in [0.1, 0.15) is 5.54 Å². The first kappa shape index (κ1) is 16.5. The molecular weight excluding hydrogens is 278 g/mol. The lowest BCUT2D eigenvalue weighted by Crippen LogP contribution is -2.50. The molecule has 0 saturated carbocycles. The van der Waals surface area contributed by atoms with Gasteiger partial charge in [0.15, 0.2) is 0 Å². The summed E-state index contributed by atoms with van der Waals surface area (Å²) in [7, 11) is 1.45. The molecule has 1 unspecified atom stereocenters. The third-order valence-electron chi connectivity index (χ3n) is 2.96. The molecule has 0 radical (unpaired) electrons. The summed E-state index contributed by atoms with van der Waals surface area (Å²) in [4.78, 5) is 11.9. The largest absolute Gasteiger partial charge is 0.468 e. The van der Waals surface area contributed by atoms with Crippen molar-refractivity contribution in [3.8, 4) is 0 Å². The highest BCUT2D eigenvalue weighted by atomic mass is 32.2. The van der Waals surface area contributed by atoms with Gasteiger partial charge in [-0.25, -0.2) is 0 Å². The van der Waals surface area contributed by atoms with Crippen molar-refractivity contribution >= 4 is 29.1 Å². The van der Waals surface area contributed by atoms with Crippen LogP contribution in [0, 0.1) is 0 Å². The highest BCUT2D eigenvalue weighted by molar-refractivity contribution is 8.01. The van der Waals surface area contributed by atoms with Gasteiger partial charge in [0.2, 0.25) is 0 Å². The van der Waals surface area contributed by atoms with Gasteiger partial charge in [-0.05, 0) is 49.9 Å². The van der Waals surface area contributed by atoms with Crippen molar-refractivity contribution in [3.05, 3.63) is 17.5 Å². The van der Waals surface area contributed by atoms with Gasteiger partial charge < -0.3 is 10.1 Å². The number of hydrogen-bond donors (Lipinski definition) is 1. The fraction of sp³-hybridized carbons (Fsp3) is 0.643. The molecule has 0 amide bonds. The van der Waals surface area contributed by atoms with Gasteiger partial charge >= 0.3 is 5.97 Å². The minimum atomic E-state index is -0.555. The number of thioether (sulfide) groups is 1. The molecule has 0 aliphatic heterocycles. The summed E-state index contributed by atoms with van der Waals surface area (Å²) in [5.74, 6) is 0.864. The number of rotatable bonds is 9. The summed E-state index contributed by atoms with van der Waals surface area (Å²) in [6.07, 6.45) is 2.81. The molecule has 0 aliphatic rings. The minimum Gasteiger partial charge on any atom is -0.468 e. The molecule has 19 heavy (non-hydrogen) atoms. The number of carbonyl (C=O) groups excluding carboxylic acids is 1. The molecule has 108 valence electrons. The summed E-state index contributed by atoms with van der Waals surface area (Å²) < 4.78 is 6.24. The fourth-order valence-electron chi connectivity index (χ4n) is 1.83. The summed E-state index contributed by atoms with van der Waals surface area (Å²) in [5.41, 5.74) is -0.555. The van der Waals surface area contributed by atoms with Crippen LogP contribution in [0.25, 0.3) is 0 Å². The van der Waals surface area contributed by atoms with Crippen molar-refractivity contribution in [2.75, 3.05) is 19.4 Å². The zero-order valence-electron chi connectivity index (χ0n) is 11.9. The number of ether oxygens (including phenoxy) is 1. The summed E-state index contributed by atoms with van der Waals surface area (Å²) in [6, 6.07) is 4.19. The van der Waals surface area contributed by atoms with E-state index >= 15 is 0 Å². The van der Waals surface area contributed by atoms with Crippen LogP contribution in [-0.2, 0) is 9.53 Å². The third kappa shape index (κ3) is 5.55. The Bertz CT molecular complexity index is 368. The van der Waals surface area contributed by atoms with Crippen LogP contribution in [0.5, 0.6) is 0 Å². The minimum absolute atomic E-state index is 0.165. The Balaban J connectivity index is 2.37. The topological polar surface area (TPSA) is 38.3 Å². The summed E-state index contributed by atoms with van der Waals surface area (Å²) >= 11 is 3.61. The molecule has 5 heteroatoms. The predicted molar refractivity (Wildman–Crippen MR) is 83.0 cm³/mol. The van der Waals surface area contributed by atoms with E-state index in [1.54, 1.807) is 11.3 Å². The van der Waals surface area contributed by atoms with Crippen molar-refractivity contribution in [1.82, 2.24) is 5.32 Å². The SMILES string of the molecule is CCCNC(C)(CCCSc1cccs1)C(=O)OC. The average Bonchev–Trinajstić information content (AvgIpc) is 2.93. The second-order valence-corrected chi connectivity index (χ2v) is 6.98. The molecule has 0 fully saturated rings. The van der Waals surface area contributed by atoms with Crippen LogP contribution in [0.4, 0.5) is 0 Å². The molecule has 3 nitrogen and oxygen atoms in total. The molecule has 0 bridgehead atoms. The molecule has 0 aromatic carbocycles. The molecule has 1 N–H and O–H groups in total. The van der Waals surface area contributed by atoms with E-state index in [4.69, 9.17) is 4.74 Å². The Labute approximate surface area is 124 Å². The number of esters is 1. The van der Waals surface area contributed by atoms with Crippen LogP contribution in [-0.4, -0.2) is 30.9 Å². The summed E-state index contributed by atoms with van der Waals surface area (Å²) in [5, 5.41) is 5.40. The lowest BCUT2D eigenvalue weighted by molar-refractivity contribution is -0.148. The Morgan fingerprint density at radius 2 is 2.37 bits per heavy atom. The first-order valence-electron chi connectivity index (χ1n) is 6.62. The van der Waals surface area contributed by atoms with Gasteiger partial charge in [0.25, 0.3) is 0 Å². The van der Waals surface area contributed by atoms with Crippen molar-refractivity contribution < 1.29 is 9.53 Å². The van der Waals surface area contributed by atoms with E-state index in [1.165, 1.54) is 11.3 Å². The quantitative estimate of drug-likeness (QED) is 0.430. The van der Waals surface area contributed by atoms with E-state index in [-0.39, 0.29) is 5.97 Å². The maximum atomic E-state index is 11.9. The first-order chi connectivity index (χ1) is 9.12. The van der Waals surface area contributed by atoms with Gasteiger partial charge in [-0.1, -0.05) is 13.0 Å². The lowest BCUT2D eigenvalue weighted by Gasteiger charge is -2.27. The lowest BCUT2D eigenvalue weighted by atomic mass is 9.96. The van der Waals surface area contributed by atoms with Crippen LogP contribution in [0.1, 0.15) is 33.1 Å². The Kier molecular flexibility index (Phi) is 7.49. The standard InChI is InChI=1S/C14H23NO2S2/c1-4-9-15-14(2,13(16)17-3)8-6-11-19-12-7-5-10-18-12/h5,7,10,15H,4,6,8-9,11H2,1-3H3. The molecule has 1 heterocycles. The second kappa shape index (κ2) is 8.61. The fourth-order valence-corrected chi connectivity index (χ4v) is 3.63. The Hall–Kier alpha value is -0.520. The Morgan fingerprint density at radius 3 is 2.95 bits per heavy atom. The van der Waals surface area contributed by atoms with Crippen molar-refractivity contribution in [2.24, 2.45) is 0 Å². The molecule has 0 spiro atoms. The smallest absolute Gasteiger partial charge is 0.325 e. The van der Waals surface area contributed by atoms with E-state index in [9.17, 15) is 4.79 Å². The molecule has 1 atom stereocenters. The first-order valence-corrected chi connectivity index (χ1v) is 8.48. The number of carbonyl (C=O) groups is 1. The van der Waals surface area contributed by atoms with Gasteiger partial charge in [0, 0.05) is 0 Å². The predicted octanol–water partition coefficient (Wildman–Crippen LogP) is 3.55. The number of nitrogens with one attached hydrogen (secondary N) is 1. The van der Waals surface area contributed by atoms with Gasteiger partial charge in [-0.15, -0.1) is 23.1 Å². The van der Waals surface area contributed by atoms with E-state index in [1.807, 2.05) is 18.7 Å². The monoisotopic (exact) mass is 301 g/mol. The van der Waals surface area contributed by atoms with Crippen LogP contribution in [0.3, 0.4) is 0 Å². The summed E-state index contributed by atoms with van der Waals surface area (Å²) in [6.45, 7) is 4.87. The van der Waals surface area contributed by atoms with Gasteiger partial charge in [0.05, 0.1) is 11.3 Å². The van der Waals surface area contributed by atoms with Crippen LogP contribution < -0.4 is 5.32 Å². The maximum absolute atomic E-state index is 11.9. The molecule has 1 rings (SSSR count). The van der Waals surface area contributed by atoms with Crippen molar-refractivity contribution in [2.45, 2.75) is 42.9 Å². The van der Waals surface area contributed by atoms with E-state index < -0.39 is 5.54 Å². The number of hydrogen-bond acceptors (Lipinski definition) is 5. The highest BCUT2D eigenvalue weighted by Crippen LogP contribution is 2.25. The maximum Gasteiger partial charge on any atom is 0.325 e. The van der Waals surface area contributed by atoms with Crippen molar-refractivity contribution in [1.29, 1.82) is 0 Å². The normalized spacial score (nSPS) is 14.1. The van der Waals surface area contributed by atoms with Crippen LogP contribution >= 0.6 is 23.1 Å². The number of thiophene rings is 1. The molecular formula is C14H23NO2S2. The molecule has 0 saturated heterocycles. The highest BCUT2D eigenvalue weighted by Gasteiger charge is 2.32. The van der Waals surface area contributed by atoms with Gasteiger partial charge in [-0.2, -0.15) is 0 Å². The van der Waals surface area contributed by atoms with E-state index in [0.29, 0.717) is 0 Å². The van der Waals surface area contributed by atoms with Crippen LogP contribution in [0.2, 0.25) is 0 Å². The zero-order valence-corrected chi connectivity index (χ0v) is 13.5. The molecule has 1 aromatic rings. The Morgan fingerprint density at radius 1 is 1.58 bits per heavy atom. The third-order valence-corrected chi connectivity index (χ3v) is 5.18. The van der Waals surface area contributed by atoms with Gasteiger partial charge in [-0.3, -0.25) is 4.79 Å². The van der Waals surface area contributed by atoms with Crippen LogP contribution in [0.15, 0.2) is 21.7 Å². The van der Waals surface area contributed by atoms with E-state index in [0.717, 1.165) is 31.6 Å². The van der Waals surface area contributed by atoms with Crippen molar-refractivity contribution in [3.63, 3.8) is 0 Å². The number of methoxy groups -OCH3 is 1. The second-order valence-electron chi connectivity index (χ2n) is 4.63. The zero-order chi connectivity index (χ0) is 14.1. The van der Waals surface area contributed by atoms with E-state index in [2.05, 4.69) is 29.8 Å².